The molecule has 0 radical (unpaired) electrons. The molecule has 1 aromatic carbocycles. The standard InChI is InChI=1S/C24H35N5O8/c1-3-13(2)20(26)23(35)28-16(11-14-7-5-4-6-8-14)22(34)27-15(9-10-18(25)30)21(33)29-17(24(36)37)12-19(31)32/h4-8,13,15-17,20H,3,9-12,26H2,1-2H3,(H2,25,30)(H,27,34)(H,28,35)(H,29,33)(H,31,32)(H,36,37). The van der Waals surface area contributed by atoms with Crippen LogP contribution in [0.5, 0.6) is 0 Å². The van der Waals surface area contributed by atoms with Gasteiger partial charge in [-0.25, -0.2) is 4.79 Å². The van der Waals surface area contributed by atoms with Crippen molar-refractivity contribution in [1.82, 2.24) is 16.0 Å². The molecule has 0 bridgehead atoms. The smallest absolute Gasteiger partial charge is 0.326 e. The van der Waals surface area contributed by atoms with Crippen molar-refractivity contribution in [3.8, 4) is 0 Å². The minimum atomic E-state index is -1.77. The summed E-state index contributed by atoms with van der Waals surface area (Å²) in [5, 5.41) is 25.2. The molecule has 4 amide bonds. The number of amides is 4. The van der Waals surface area contributed by atoms with Gasteiger partial charge in [-0.3, -0.25) is 24.0 Å². The van der Waals surface area contributed by atoms with E-state index >= 15 is 0 Å². The number of hydrogen-bond donors (Lipinski definition) is 7. The van der Waals surface area contributed by atoms with E-state index in [1.165, 1.54) is 0 Å². The Balaban J connectivity index is 3.16. The summed E-state index contributed by atoms with van der Waals surface area (Å²) in [6.45, 7) is 3.65. The summed E-state index contributed by atoms with van der Waals surface area (Å²) < 4.78 is 0. The molecule has 0 heterocycles. The highest BCUT2D eigenvalue weighted by Gasteiger charge is 2.32. The lowest BCUT2D eigenvalue weighted by Gasteiger charge is -2.26. The van der Waals surface area contributed by atoms with Gasteiger partial charge in [0.15, 0.2) is 0 Å². The minimum absolute atomic E-state index is 0.0482. The number of carbonyl (C=O) groups is 6. The van der Waals surface area contributed by atoms with E-state index < -0.39 is 66.2 Å². The summed E-state index contributed by atoms with van der Waals surface area (Å²) in [6, 6.07) is 3.48. The third-order valence-corrected chi connectivity index (χ3v) is 5.78. The van der Waals surface area contributed by atoms with E-state index in [0.29, 0.717) is 12.0 Å². The van der Waals surface area contributed by atoms with Gasteiger partial charge < -0.3 is 37.6 Å². The predicted octanol–water partition coefficient (Wildman–Crippen LogP) is -1.12. The topological polar surface area (TPSA) is 231 Å². The third-order valence-electron chi connectivity index (χ3n) is 5.78. The molecule has 0 spiro atoms. The molecule has 9 N–H and O–H groups in total. The van der Waals surface area contributed by atoms with Crippen molar-refractivity contribution < 1.29 is 39.0 Å². The Bertz CT molecular complexity index is 971. The number of nitrogens with two attached hydrogens (primary N) is 2. The van der Waals surface area contributed by atoms with Gasteiger partial charge >= 0.3 is 11.9 Å². The maximum absolute atomic E-state index is 13.2. The van der Waals surface area contributed by atoms with E-state index in [0.717, 1.165) is 0 Å². The van der Waals surface area contributed by atoms with Crippen LogP contribution in [0.4, 0.5) is 0 Å². The molecule has 0 aliphatic rings. The molecule has 0 fully saturated rings. The van der Waals surface area contributed by atoms with Gasteiger partial charge in [0.1, 0.15) is 18.1 Å². The molecule has 0 saturated heterocycles. The zero-order chi connectivity index (χ0) is 28.1. The fourth-order valence-corrected chi connectivity index (χ4v) is 3.31. The van der Waals surface area contributed by atoms with Crippen LogP contribution in [0.25, 0.3) is 0 Å². The van der Waals surface area contributed by atoms with E-state index in [1.807, 2.05) is 6.92 Å². The Morgan fingerprint density at radius 3 is 1.92 bits per heavy atom. The minimum Gasteiger partial charge on any atom is -0.481 e. The molecule has 13 heteroatoms. The van der Waals surface area contributed by atoms with Crippen molar-refractivity contribution in [1.29, 1.82) is 0 Å². The van der Waals surface area contributed by atoms with Crippen molar-refractivity contribution in [2.45, 2.75) is 70.1 Å². The van der Waals surface area contributed by atoms with Gasteiger partial charge in [0.25, 0.3) is 0 Å². The van der Waals surface area contributed by atoms with Crippen LogP contribution in [0.3, 0.4) is 0 Å². The number of carboxylic acids is 2. The number of benzene rings is 1. The van der Waals surface area contributed by atoms with Crippen LogP contribution >= 0.6 is 0 Å². The quantitative estimate of drug-likeness (QED) is 0.139. The molecule has 5 atom stereocenters. The molecule has 1 rings (SSSR count). The lowest BCUT2D eigenvalue weighted by Crippen LogP contribution is -2.58. The van der Waals surface area contributed by atoms with Crippen molar-refractivity contribution in [2.24, 2.45) is 17.4 Å². The first-order valence-corrected chi connectivity index (χ1v) is 11.8. The summed E-state index contributed by atoms with van der Waals surface area (Å²) in [5.41, 5.74) is 11.9. The van der Waals surface area contributed by atoms with E-state index in [2.05, 4.69) is 16.0 Å². The molecule has 5 unspecified atom stereocenters. The molecular weight excluding hydrogens is 486 g/mol. The maximum atomic E-state index is 13.2. The molecule has 1 aromatic rings. The van der Waals surface area contributed by atoms with E-state index in [4.69, 9.17) is 16.6 Å². The van der Waals surface area contributed by atoms with Crippen LogP contribution in [0.1, 0.15) is 45.1 Å². The van der Waals surface area contributed by atoms with Crippen LogP contribution in [0.15, 0.2) is 30.3 Å². The van der Waals surface area contributed by atoms with E-state index in [-0.39, 0.29) is 25.2 Å². The fourth-order valence-electron chi connectivity index (χ4n) is 3.31. The second-order valence-corrected chi connectivity index (χ2v) is 8.73. The molecule has 13 nitrogen and oxygen atoms in total. The molecular formula is C24H35N5O8. The zero-order valence-electron chi connectivity index (χ0n) is 20.8. The zero-order valence-corrected chi connectivity index (χ0v) is 20.8. The molecule has 37 heavy (non-hydrogen) atoms. The molecule has 204 valence electrons. The number of hydrogen-bond acceptors (Lipinski definition) is 7. The number of carbonyl (C=O) groups excluding carboxylic acids is 4. The maximum Gasteiger partial charge on any atom is 0.326 e. The molecule has 0 saturated carbocycles. The van der Waals surface area contributed by atoms with E-state index in [9.17, 15) is 33.9 Å². The average molecular weight is 522 g/mol. The highest BCUT2D eigenvalue weighted by Crippen LogP contribution is 2.09. The van der Waals surface area contributed by atoms with Crippen LogP contribution in [-0.2, 0) is 35.2 Å². The molecule has 0 aliphatic heterocycles. The SMILES string of the molecule is CCC(C)C(N)C(=O)NC(Cc1ccccc1)C(=O)NC(CCC(N)=O)C(=O)NC(CC(=O)O)C(=O)O. The summed E-state index contributed by atoms with van der Waals surface area (Å²) in [4.78, 5) is 72.4. The Labute approximate surface area is 214 Å². The molecule has 0 aliphatic carbocycles. The summed E-state index contributed by atoms with van der Waals surface area (Å²) in [6.07, 6.45) is -0.848. The fraction of sp³-hybridized carbons (Fsp3) is 0.500. The van der Waals surface area contributed by atoms with Crippen LogP contribution in [-0.4, -0.2) is 69.9 Å². The second-order valence-electron chi connectivity index (χ2n) is 8.73. The summed E-state index contributed by atoms with van der Waals surface area (Å²) in [7, 11) is 0. The van der Waals surface area contributed by atoms with Crippen molar-refractivity contribution in [2.75, 3.05) is 0 Å². The predicted molar refractivity (Wildman–Crippen MR) is 132 cm³/mol. The van der Waals surface area contributed by atoms with Crippen molar-refractivity contribution in [3.63, 3.8) is 0 Å². The normalized spacial score (nSPS) is 14.8. The van der Waals surface area contributed by atoms with Crippen molar-refractivity contribution in [3.05, 3.63) is 35.9 Å². The lowest BCUT2D eigenvalue weighted by atomic mass is 9.98. The number of nitrogens with one attached hydrogen (secondary N) is 3. The van der Waals surface area contributed by atoms with Crippen LogP contribution in [0, 0.1) is 5.92 Å². The van der Waals surface area contributed by atoms with Gasteiger partial charge in [-0.2, -0.15) is 0 Å². The highest BCUT2D eigenvalue weighted by molar-refractivity contribution is 5.95. The number of primary amides is 1. The Morgan fingerprint density at radius 1 is 0.865 bits per heavy atom. The summed E-state index contributed by atoms with van der Waals surface area (Å²) in [5.74, 6) is -6.39. The van der Waals surface area contributed by atoms with Gasteiger partial charge in [-0.1, -0.05) is 50.6 Å². The Kier molecular flexibility index (Phi) is 12.7. The van der Waals surface area contributed by atoms with Gasteiger partial charge in [0, 0.05) is 12.8 Å². The lowest BCUT2D eigenvalue weighted by molar-refractivity contribution is -0.147. The van der Waals surface area contributed by atoms with Gasteiger partial charge in [-0.15, -0.1) is 0 Å². The Hall–Kier alpha value is -4.00. The number of carboxylic acid groups (broad SMARTS) is 2. The number of rotatable bonds is 16. The first kappa shape index (κ1) is 31.0. The van der Waals surface area contributed by atoms with E-state index in [1.54, 1.807) is 37.3 Å². The Morgan fingerprint density at radius 2 is 1.41 bits per heavy atom. The van der Waals surface area contributed by atoms with Gasteiger partial charge in [0.2, 0.25) is 23.6 Å². The van der Waals surface area contributed by atoms with Gasteiger partial charge in [-0.05, 0) is 17.9 Å². The first-order chi connectivity index (χ1) is 17.3. The third kappa shape index (κ3) is 11.1. The largest absolute Gasteiger partial charge is 0.481 e. The first-order valence-electron chi connectivity index (χ1n) is 11.8. The highest BCUT2D eigenvalue weighted by atomic mass is 16.4. The monoisotopic (exact) mass is 521 g/mol. The van der Waals surface area contributed by atoms with Crippen LogP contribution < -0.4 is 27.4 Å². The van der Waals surface area contributed by atoms with Crippen LogP contribution in [0.2, 0.25) is 0 Å². The number of aliphatic carboxylic acids is 2. The second kappa shape index (κ2) is 15.2. The van der Waals surface area contributed by atoms with Gasteiger partial charge in [0.05, 0.1) is 12.5 Å². The molecule has 0 aromatic heterocycles. The average Bonchev–Trinajstić information content (AvgIpc) is 2.84. The summed E-state index contributed by atoms with van der Waals surface area (Å²) >= 11 is 0. The van der Waals surface area contributed by atoms with Crippen molar-refractivity contribution >= 4 is 35.6 Å².